The fraction of sp³-hybridized carbons (Fsp3) is 0. The Bertz CT molecular complexity index is 323. The summed E-state index contributed by atoms with van der Waals surface area (Å²) in [7, 11) is 0. The quantitative estimate of drug-likeness (QED) is 0.693. The van der Waals surface area contributed by atoms with Crippen molar-refractivity contribution < 1.29 is 0 Å². The number of rotatable bonds is 0. The molecule has 0 aromatic carbocycles. The minimum absolute atomic E-state index is 0.396. The van der Waals surface area contributed by atoms with Crippen molar-refractivity contribution in [3.05, 3.63) is 12.7 Å². The van der Waals surface area contributed by atoms with Crippen LogP contribution < -0.4 is 5.73 Å². The number of halogens is 1. The Kier molecular flexibility index (Phi) is 1.28. The lowest BCUT2D eigenvalue weighted by atomic mass is 10.4. The molecule has 2 rings (SSSR count). The maximum atomic E-state index is 5.52. The van der Waals surface area contributed by atoms with Crippen LogP contribution in [0.1, 0.15) is 0 Å². The van der Waals surface area contributed by atoms with Gasteiger partial charge in [-0.1, -0.05) is 0 Å². The van der Waals surface area contributed by atoms with Crippen molar-refractivity contribution in [2.24, 2.45) is 0 Å². The van der Waals surface area contributed by atoms with Gasteiger partial charge in [0.05, 0.1) is 16.1 Å². The standard InChI is InChI=1S/C5H4BrN5/c6-11-2-10-4(7)3-5(11)9-1-8-3/h1-2H,7H2. The van der Waals surface area contributed by atoms with Gasteiger partial charge in [-0.15, -0.1) is 0 Å². The Morgan fingerprint density at radius 3 is 2.91 bits per heavy atom. The number of nitrogens with zero attached hydrogens (tertiary/aromatic N) is 4. The number of hydrogen-bond acceptors (Lipinski definition) is 4. The van der Waals surface area contributed by atoms with Crippen LogP contribution >= 0.6 is 16.1 Å². The van der Waals surface area contributed by atoms with Crippen LogP contribution in [0.4, 0.5) is 5.82 Å². The molecule has 2 aliphatic rings. The molecular weight excluding hydrogens is 210 g/mol. The number of nitrogens with two attached hydrogens (primary N) is 1. The summed E-state index contributed by atoms with van der Waals surface area (Å²) in [5, 5.41) is 0. The third-order valence-corrected chi connectivity index (χ3v) is 1.84. The van der Waals surface area contributed by atoms with Crippen molar-refractivity contribution in [1.29, 1.82) is 0 Å². The van der Waals surface area contributed by atoms with Crippen LogP contribution in [-0.2, 0) is 0 Å². The van der Waals surface area contributed by atoms with Crippen molar-refractivity contribution in [3.8, 4) is 11.5 Å². The van der Waals surface area contributed by atoms with Gasteiger partial charge in [-0.05, 0) is 0 Å². The number of imidazole rings is 1. The highest BCUT2D eigenvalue weighted by molar-refractivity contribution is 9.08. The summed E-state index contributed by atoms with van der Waals surface area (Å²) >= 11 is 3.21. The highest BCUT2D eigenvalue weighted by Gasteiger charge is 2.12. The first-order valence-corrected chi connectivity index (χ1v) is 3.59. The van der Waals surface area contributed by atoms with Gasteiger partial charge in [0.2, 0.25) is 0 Å². The lowest BCUT2D eigenvalue weighted by Crippen LogP contribution is -2.00. The number of nitrogen functional groups attached to an aromatic ring is 1. The molecule has 0 unspecified atom stereocenters. The molecule has 6 heteroatoms. The zero-order valence-electron chi connectivity index (χ0n) is 5.40. The Morgan fingerprint density at radius 1 is 1.36 bits per heavy atom. The normalized spacial score (nSPS) is 10.6. The minimum atomic E-state index is 0.396. The van der Waals surface area contributed by atoms with Gasteiger partial charge in [0.1, 0.15) is 12.7 Å². The second-order valence-corrected chi connectivity index (χ2v) is 2.75. The Labute approximate surface area is 71.0 Å². The smallest absolute Gasteiger partial charge is 0.175 e. The van der Waals surface area contributed by atoms with E-state index in [0.717, 1.165) is 0 Å². The Morgan fingerprint density at radius 2 is 2.18 bits per heavy atom. The molecule has 2 N–H and O–H groups in total. The molecular formula is C5H4BrN5. The second-order valence-electron chi connectivity index (χ2n) is 1.99. The van der Waals surface area contributed by atoms with Crippen molar-refractivity contribution in [1.82, 2.24) is 18.5 Å². The van der Waals surface area contributed by atoms with E-state index in [0.29, 0.717) is 17.3 Å². The maximum Gasteiger partial charge on any atom is 0.175 e. The monoisotopic (exact) mass is 213 g/mol. The molecule has 2 heterocycles. The van der Waals surface area contributed by atoms with Gasteiger partial charge in [0.15, 0.2) is 17.3 Å². The molecule has 0 fully saturated rings. The van der Waals surface area contributed by atoms with Crippen LogP contribution in [0.2, 0.25) is 0 Å². The van der Waals surface area contributed by atoms with E-state index in [9.17, 15) is 0 Å². The van der Waals surface area contributed by atoms with Gasteiger partial charge in [-0.25, -0.2) is 18.5 Å². The number of aromatic nitrogens is 4. The average molecular weight is 214 g/mol. The molecule has 2 aliphatic heterocycles. The highest BCUT2D eigenvalue weighted by Crippen LogP contribution is 2.21. The van der Waals surface area contributed by atoms with E-state index < -0.39 is 0 Å². The summed E-state index contributed by atoms with van der Waals surface area (Å²) in [5.74, 6) is 1.07. The maximum absolute atomic E-state index is 5.52. The molecule has 0 aromatic rings. The van der Waals surface area contributed by atoms with Gasteiger partial charge in [-0.2, -0.15) is 0 Å². The summed E-state index contributed by atoms with van der Waals surface area (Å²) in [4.78, 5) is 11.8. The van der Waals surface area contributed by atoms with Gasteiger partial charge in [-0.3, -0.25) is 0 Å². The predicted molar refractivity (Wildman–Crippen MR) is 43.2 cm³/mol. The summed E-state index contributed by atoms with van der Waals surface area (Å²) in [6, 6.07) is 0. The first-order valence-electron chi connectivity index (χ1n) is 2.88. The van der Waals surface area contributed by atoms with Crippen LogP contribution in [0.25, 0.3) is 11.5 Å². The number of fused-ring (bicyclic) bond motifs is 1. The molecule has 0 spiro atoms. The van der Waals surface area contributed by atoms with Gasteiger partial charge in [0.25, 0.3) is 0 Å². The van der Waals surface area contributed by atoms with E-state index in [1.54, 1.807) is 3.59 Å². The Balaban J connectivity index is 2.82. The fourth-order valence-corrected chi connectivity index (χ4v) is 1.18. The van der Waals surface area contributed by atoms with Crippen molar-refractivity contribution in [2.45, 2.75) is 0 Å². The van der Waals surface area contributed by atoms with Crippen LogP contribution in [0.15, 0.2) is 12.7 Å². The van der Waals surface area contributed by atoms with E-state index in [2.05, 4.69) is 31.1 Å². The van der Waals surface area contributed by atoms with Crippen molar-refractivity contribution in [3.63, 3.8) is 0 Å². The van der Waals surface area contributed by atoms with Crippen molar-refractivity contribution in [2.75, 3.05) is 5.73 Å². The predicted octanol–water partition coefficient (Wildman–Crippen LogP) is 0.518. The van der Waals surface area contributed by atoms with Crippen LogP contribution in [-0.4, -0.2) is 18.5 Å². The zero-order valence-corrected chi connectivity index (χ0v) is 6.98. The average Bonchev–Trinajstić information content (AvgIpc) is 2.45. The van der Waals surface area contributed by atoms with Gasteiger partial charge in [0, 0.05) is 0 Å². The molecule has 0 saturated heterocycles. The largest absolute Gasteiger partial charge is 0.382 e. The molecule has 0 saturated carbocycles. The molecule has 0 aliphatic carbocycles. The van der Waals surface area contributed by atoms with Crippen LogP contribution in [0.5, 0.6) is 0 Å². The lowest BCUT2D eigenvalue weighted by Gasteiger charge is -2.02. The summed E-state index contributed by atoms with van der Waals surface area (Å²) < 4.78 is 1.59. The fourth-order valence-electron chi connectivity index (χ4n) is 0.826. The lowest BCUT2D eigenvalue weighted by molar-refractivity contribution is 1.10. The van der Waals surface area contributed by atoms with E-state index in [4.69, 9.17) is 5.73 Å². The number of hydrogen-bond donors (Lipinski definition) is 1. The van der Waals surface area contributed by atoms with Crippen LogP contribution in [0.3, 0.4) is 0 Å². The molecule has 56 valence electrons. The topological polar surface area (TPSA) is 69.6 Å². The molecule has 0 aromatic heterocycles. The van der Waals surface area contributed by atoms with E-state index >= 15 is 0 Å². The SMILES string of the molecule is Nc1ncn(Br)c2ncnc1-2. The van der Waals surface area contributed by atoms with Gasteiger partial charge < -0.3 is 5.73 Å². The third kappa shape index (κ3) is 0.864. The summed E-state index contributed by atoms with van der Waals surface area (Å²) in [6.07, 6.45) is 2.98. The number of anilines is 1. The first kappa shape index (κ1) is 6.53. The van der Waals surface area contributed by atoms with E-state index in [-0.39, 0.29) is 0 Å². The molecule has 0 atom stereocenters. The Hall–Kier alpha value is -1.17. The summed E-state index contributed by atoms with van der Waals surface area (Å²) in [5.41, 5.74) is 6.14. The summed E-state index contributed by atoms with van der Waals surface area (Å²) in [6.45, 7) is 0. The molecule has 0 bridgehead atoms. The second kappa shape index (κ2) is 2.16. The van der Waals surface area contributed by atoms with Crippen LogP contribution in [0, 0.1) is 0 Å². The minimum Gasteiger partial charge on any atom is -0.382 e. The van der Waals surface area contributed by atoms with Gasteiger partial charge >= 0.3 is 0 Å². The molecule has 11 heavy (non-hydrogen) atoms. The van der Waals surface area contributed by atoms with E-state index in [1.807, 2.05) is 0 Å². The first-order chi connectivity index (χ1) is 5.29. The molecule has 0 amide bonds. The van der Waals surface area contributed by atoms with E-state index in [1.165, 1.54) is 12.7 Å². The molecule has 0 radical (unpaired) electrons. The highest BCUT2D eigenvalue weighted by atomic mass is 79.9. The zero-order chi connectivity index (χ0) is 7.84. The third-order valence-electron chi connectivity index (χ3n) is 1.32. The van der Waals surface area contributed by atoms with Crippen molar-refractivity contribution >= 4 is 22.0 Å². The molecule has 5 nitrogen and oxygen atoms in total.